The SMILES string of the molecule is C=CCCCC1COC(C2CCC(OC/C=C/Cl)CC2)OC1. The van der Waals surface area contributed by atoms with Crippen molar-refractivity contribution < 1.29 is 14.2 Å². The predicted octanol–water partition coefficient (Wildman–Crippen LogP) is 4.66. The molecule has 1 aliphatic carbocycles. The molecule has 126 valence electrons. The van der Waals surface area contributed by atoms with E-state index in [-0.39, 0.29) is 6.29 Å². The van der Waals surface area contributed by atoms with Crippen LogP contribution >= 0.6 is 11.6 Å². The van der Waals surface area contributed by atoms with Gasteiger partial charge in [0.05, 0.1) is 25.9 Å². The molecule has 3 nitrogen and oxygen atoms in total. The summed E-state index contributed by atoms with van der Waals surface area (Å²) in [7, 11) is 0. The Bertz CT molecular complexity index is 329. The second-order valence-corrected chi connectivity index (χ2v) is 6.60. The smallest absolute Gasteiger partial charge is 0.160 e. The third-order valence-corrected chi connectivity index (χ3v) is 4.81. The summed E-state index contributed by atoms with van der Waals surface area (Å²) in [6.07, 6.45) is 12.1. The van der Waals surface area contributed by atoms with Gasteiger partial charge in [0.25, 0.3) is 0 Å². The molecule has 0 radical (unpaired) electrons. The minimum Gasteiger partial charge on any atom is -0.374 e. The molecule has 1 saturated carbocycles. The van der Waals surface area contributed by atoms with Crippen molar-refractivity contribution in [3.05, 3.63) is 24.3 Å². The fourth-order valence-electron chi connectivity index (χ4n) is 3.30. The quantitative estimate of drug-likeness (QED) is 0.479. The Balaban J connectivity index is 1.61. The first-order valence-corrected chi connectivity index (χ1v) is 8.98. The zero-order valence-corrected chi connectivity index (χ0v) is 14.2. The summed E-state index contributed by atoms with van der Waals surface area (Å²) >= 11 is 5.50. The van der Waals surface area contributed by atoms with E-state index in [4.69, 9.17) is 25.8 Å². The summed E-state index contributed by atoms with van der Waals surface area (Å²) in [5, 5.41) is 0. The molecule has 22 heavy (non-hydrogen) atoms. The summed E-state index contributed by atoms with van der Waals surface area (Å²) in [6, 6.07) is 0. The number of unbranched alkanes of at least 4 members (excludes halogenated alkanes) is 1. The fourth-order valence-corrected chi connectivity index (χ4v) is 3.38. The van der Waals surface area contributed by atoms with E-state index in [0.29, 0.717) is 24.5 Å². The molecule has 1 aliphatic heterocycles. The van der Waals surface area contributed by atoms with Gasteiger partial charge in [-0.25, -0.2) is 0 Å². The van der Waals surface area contributed by atoms with Crippen molar-refractivity contribution >= 4 is 11.6 Å². The van der Waals surface area contributed by atoms with Gasteiger partial charge in [0.15, 0.2) is 6.29 Å². The highest BCUT2D eigenvalue weighted by Gasteiger charge is 2.32. The fraction of sp³-hybridized carbons (Fsp3) is 0.778. The zero-order valence-electron chi connectivity index (χ0n) is 13.4. The number of halogens is 1. The van der Waals surface area contributed by atoms with Crippen molar-refractivity contribution in [2.45, 2.75) is 57.3 Å². The summed E-state index contributed by atoms with van der Waals surface area (Å²) in [6.45, 7) is 6.07. The van der Waals surface area contributed by atoms with Crippen LogP contribution in [0.1, 0.15) is 44.9 Å². The van der Waals surface area contributed by atoms with Gasteiger partial charge in [-0.3, -0.25) is 0 Å². The molecular weight excluding hydrogens is 300 g/mol. The number of hydrogen-bond donors (Lipinski definition) is 0. The highest BCUT2D eigenvalue weighted by Crippen LogP contribution is 2.32. The highest BCUT2D eigenvalue weighted by atomic mass is 35.5. The second kappa shape index (κ2) is 10.4. The van der Waals surface area contributed by atoms with Crippen LogP contribution in [-0.4, -0.2) is 32.2 Å². The van der Waals surface area contributed by atoms with E-state index < -0.39 is 0 Å². The molecule has 2 fully saturated rings. The molecule has 0 N–H and O–H groups in total. The lowest BCUT2D eigenvalue weighted by Crippen LogP contribution is -2.39. The van der Waals surface area contributed by atoms with Gasteiger partial charge in [-0.15, -0.1) is 6.58 Å². The molecule has 0 amide bonds. The topological polar surface area (TPSA) is 27.7 Å². The molecule has 0 unspecified atom stereocenters. The van der Waals surface area contributed by atoms with Crippen molar-refractivity contribution in [2.75, 3.05) is 19.8 Å². The van der Waals surface area contributed by atoms with Crippen molar-refractivity contribution in [3.63, 3.8) is 0 Å². The van der Waals surface area contributed by atoms with Gasteiger partial charge < -0.3 is 14.2 Å². The van der Waals surface area contributed by atoms with Crippen LogP contribution < -0.4 is 0 Å². The molecule has 0 aromatic carbocycles. The van der Waals surface area contributed by atoms with Crippen molar-refractivity contribution in [2.24, 2.45) is 11.8 Å². The van der Waals surface area contributed by atoms with Crippen molar-refractivity contribution in [1.29, 1.82) is 0 Å². The summed E-state index contributed by atoms with van der Waals surface area (Å²) in [5.74, 6) is 1.08. The van der Waals surface area contributed by atoms with Crippen molar-refractivity contribution in [1.82, 2.24) is 0 Å². The van der Waals surface area contributed by atoms with Gasteiger partial charge >= 0.3 is 0 Å². The first kappa shape index (κ1) is 18.0. The molecule has 0 atom stereocenters. The molecule has 1 heterocycles. The molecule has 2 aliphatic rings. The molecule has 0 aromatic rings. The zero-order chi connectivity index (χ0) is 15.6. The van der Waals surface area contributed by atoms with E-state index in [1.807, 2.05) is 12.2 Å². The number of allylic oxidation sites excluding steroid dienone is 1. The molecule has 2 rings (SSSR count). The molecule has 0 aromatic heterocycles. The van der Waals surface area contributed by atoms with Gasteiger partial charge in [0.1, 0.15) is 0 Å². The Morgan fingerprint density at radius 1 is 1.14 bits per heavy atom. The van der Waals surface area contributed by atoms with Gasteiger partial charge in [-0.2, -0.15) is 0 Å². The van der Waals surface area contributed by atoms with Crippen molar-refractivity contribution in [3.8, 4) is 0 Å². The Morgan fingerprint density at radius 2 is 1.86 bits per heavy atom. The summed E-state index contributed by atoms with van der Waals surface area (Å²) in [4.78, 5) is 0. The van der Waals surface area contributed by atoms with E-state index in [9.17, 15) is 0 Å². The molecule has 1 saturated heterocycles. The predicted molar refractivity (Wildman–Crippen MR) is 89.9 cm³/mol. The lowest BCUT2D eigenvalue weighted by atomic mass is 9.86. The highest BCUT2D eigenvalue weighted by molar-refractivity contribution is 6.25. The van der Waals surface area contributed by atoms with E-state index in [2.05, 4.69) is 6.58 Å². The Kier molecular flexibility index (Phi) is 8.53. The van der Waals surface area contributed by atoms with E-state index in [0.717, 1.165) is 45.3 Å². The Labute approximate surface area is 139 Å². The number of rotatable bonds is 8. The van der Waals surface area contributed by atoms with Crippen LogP contribution in [0.5, 0.6) is 0 Å². The molecular formula is C18H29ClO3. The Morgan fingerprint density at radius 3 is 2.50 bits per heavy atom. The molecule has 0 spiro atoms. The lowest BCUT2D eigenvalue weighted by molar-refractivity contribution is -0.231. The maximum Gasteiger partial charge on any atom is 0.160 e. The first-order chi connectivity index (χ1) is 10.8. The number of ether oxygens (including phenoxy) is 3. The first-order valence-electron chi connectivity index (χ1n) is 8.54. The average molecular weight is 329 g/mol. The Hall–Kier alpha value is -0.350. The van der Waals surface area contributed by atoms with Gasteiger partial charge in [-0.1, -0.05) is 17.7 Å². The van der Waals surface area contributed by atoms with Gasteiger partial charge in [0.2, 0.25) is 0 Å². The van der Waals surface area contributed by atoms with Crippen LogP contribution in [0.3, 0.4) is 0 Å². The molecule has 4 heteroatoms. The largest absolute Gasteiger partial charge is 0.374 e. The van der Waals surface area contributed by atoms with E-state index >= 15 is 0 Å². The van der Waals surface area contributed by atoms with Crippen LogP contribution in [0, 0.1) is 11.8 Å². The van der Waals surface area contributed by atoms with Crippen LogP contribution in [-0.2, 0) is 14.2 Å². The van der Waals surface area contributed by atoms with Crippen LogP contribution in [0.15, 0.2) is 24.3 Å². The minimum absolute atomic E-state index is 0.000609. The minimum atomic E-state index is -0.000609. The van der Waals surface area contributed by atoms with E-state index in [1.54, 1.807) is 0 Å². The standard InChI is InChI=1S/C18H29ClO3/c1-2-3-4-6-15-13-21-18(22-14-15)16-7-9-17(10-8-16)20-12-5-11-19/h2,5,11,15-18H,1,3-4,6-10,12-14H2/b11-5+. The third kappa shape index (κ3) is 6.04. The van der Waals surface area contributed by atoms with Crippen LogP contribution in [0.4, 0.5) is 0 Å². The summed E-state index contributed by atoms with van der Waals surface area (Å²) < 4.78 is 17.7. The number of hydrogen-bond acceptors (Lipinski definition) is 3. The maximum atomic E-state index is 5.98. The normalized spacial score (nSPS) is 33.1. The average Bonchev–Trinajstić information content (AvgIpc) is 2.57. The van der Waals surface area contributed by atoms with Gasteiger partial charge in [0, 0.05) is 17.4 Å². The van der Waals surface area contributed by atoms with E-state index in [1.165, 1.54) is 18.4 Å². The second-order valence-electron chi connectivity index (χ2n) is 6.35. The van der Waals surface area contributed by atoms with Crippen LogP contribution in [0.25, 0.3) is 0 Å². The lowest BCUT2D eigenvalue weighted by Gasteiger charge is -2.37. The maximum absolute atomic E-state index is 5.98. The monoisotopic (exact) mass is 328 g/mol. The van der Waals surface area contributed by atoms with Crippen LogP contribution in [0.2, 0.25) is 0 Å². The van der Waals surface area contributed by atoms with Gasteiger partial charge in [-0.05, 0) is 51.0 Å². The third-order valence-electron chi connectivity index (χ3n) is 4.63. The summed E-state index contributed by atoms with van der Waals surface area (Å²) in [5.41, 5.74) is 1.51. The molecule has 0 bridgehead atoms.